The maximum absolute atomic E-state index is 5.27. The van der Waals surface area contributed by atoms with Crippen molar-refractivity contribution in [3.8, 4) is 0 Å². The predicted octanol–water partition coefficient (Wildman–Crippen LogP) is 0.854. The maximum Gasteiger partial charge on any atom is 0.243 e. The summed E-state index contributed by atoms with van der Waals surface area (Å²) in [6, 6.07) is 0.110. The third-order valence-electron chi connectivity index (χ3n) is 2.56. The second kappa shape index (κ2) is 4.06. The zero-order valence-corrected chi connectivity index (χ0v) is 8.49. The zero-order chi connectivity index (χ0) is 9.97. The Kier molecular flexibility index (Phi) is 2.79. The van der Waals surface area contributed by atoms with Gasteiger partial charge in [-0.25, -0.2) is 0 Å². The van der Waals surface area contributed by atoms with Crippen molar-refractivity contribution in [2.45, 2.75) is 25.3 Å². The number of hydrogen-bond acceptors (Lipinski definition) is 5. The smallest absolute Gasteiger partial charge is 0.243 e. The van der Waals surface area contributed by atoms with E-state index in [1.54, 1.807) is 0 Å². The molecule has 0 aromatic carbocycles. The average Bonchev–Trinajstić information content (AvgIpc) is 2.86. The molecule has 1 aromatic heterocycles. The van der Waals surface area contributed by atoms with Gasteiger partial charge in [-0.15, -0.1) is 0 Å². The van der Waals surface area contributed by atoms with E-state index in [1.807, 2.05) is 14.0 Å². The molecule has 0 amide bonds. The van der Waals surface area contributed by atoms with E-state index in [1.165, 1.54) is 0 Å². The highest BCUT2D eigenvalue weighted by molar-refractivity contribution is 4.99. The van der Waals surface area contributed by atoms with Crippen molar-refractivity contribution < 1.29 is 9.26 Å². The number of rotatable bonds is 3. The van der Waals surface area contributed by atoms with Crippen molar-refractivity contribution in [1.29, 1.82) is 0 Å². The molecule has 1 N–H and O–H groups in total. The lowest BCUT2D eigenvalue weighted by atomic mass is 10.1. The van der Waals surface area contributed by atoms with Gasteiger partial charge in [0.1, 0.15) is 0 Å². The Morgan fingerprint density at radius 1 is 1.57 bits per heavy atom. The molecule has 1 aliphatic heterocycles. The Balaban J connectivity index is 2.08. The Labute approximate surface area is 82.8 Å². The summed E-state index contributed by atoms with van der Waals surface area (Å²) in [5.74, 6) is 1.74. The summed E-state index contributed by atoms with van der Waals surface area (Å²) < 4.78 is 10.4. The van der Waals surface area contributed by atoms with Gasteiger partial charge in [-0.05, 0) is 20.4 Å². The van der Waals surface area contributed by atoms with Crippen molar-refractivity contribution >= 4 is 0 Å². The van der Waals surface area contributed by atoms with E-state index in [-0.39, 0.29) is 6.04 Å². The molecule has 1 saturated heterocycles. The van der Waals surface area contributed by atoms with Gasteiger partial charge < -0.3 is 14.6 Å². The Hall–Kier alpha value is -0.940. The topological polar surface area (TPSA) is 60.2 Å². The molecule has 14 heavy (non-hydrogen) atoms. The van der Waals surface area contributed by atoms with Gasteiger partial charge in [0.2, 0.25) is 5.89 Å². The van der Waals surface area contributed by atoms with Crippen molar-refractivity contribution in [2.24, 2.45) is 0 Å². The van der Waals surface area contributed by atoms with Crippen LogP contribution in [0.15, 0.2) is 4.52 Å². The van der Waals surface area contributed by atoms with Crippen LogP contribution in [0.25, 0.3) is 0 Å². The molecule has 78 valence electrons. The molecule has 2 atom stereocenters. The summed E-state index contributed by atoms with van der Waals surface area (Å²) >= 11 is 0. The van der Waals surface area contributed by atoms with Crippen LogP contribution in [0.3, 0.4) is 0 Å². The van der Waals surface area contributed by atoms with Crippen molar-refractivity contribution in [1.82, 2.24) is 15.5 Å². The third-order valence-corrected chi connectivity index (χ3v) is 2.56. The highest BCUT2D eigenvalue weighted by Gasteiger charge is 2.23. The van der Waals surface area contributed by atoms with E-state index in [2.05, 4.69) is 15.5 Å². The lowest BCUT2D eigenvalue weighted by molar-refractivity contribution is 0.192. The summed E-state index contributed by atoms with van der Waals surface area (Å²) in [7, 11) is 1.87. The lowest BCUT2D eigenvalue weighted by Gasteiger charge is -2.02. The molecule has 1 aromatic rings. The van der Waals surface area contributed by atoms with Gasteiger partial charge in [0, 0.05) is 12.5 Å². The lowest BCUT2D eigenvalue weighted by Crippen LogP contribution is -2.12. The first-order valence-corrected chi connectivity index (χ1v) is 4.89. The average molecular weight is 197 g/mol. The van der Waals surface area contributed by atoms with E-state index in [4.69, 9.17) is 9.26 Å². The first kappa shape index (κ1) is 9.61. The first-order chi connectivity index (χ1) is 6.81. The van der Waals surface area contributed by atoms with E-state index >= 15 is 0 Å². The summed E-state index contributed by atoms with van der Waals surface area (Å²) in [6.07, 6.45) is 0.993. The second-order valence-electron chi connectivity index (χ2n) is 3.56. The van der Waals surface area contributed by atoms with Crippen LogP contribution in [0.1, 0.15) is 37.0 Å². The molecule has 1 fully saturated rings. The maximum atomic E-state index is 5.27. The number of aromatic nitrogens is 2. The summed E-state index contributed by atoms with van der Waals surface area (Å²) in [5, 5.41) is 7.02. The second-order valence-corrected chi connectivity index (χ2v) is 3.56. The normalized spacial score (nSPS) is 24.0. The number of hydrogen-bond donors (Lipinski definition) is 1. The van der Waals surface area contributed by atoms with Crippen LogP contribution in [0, 0.1) is 0 Å². The molecule has 0 saturated carbocycles. The van der Waals surface area contributed by atoms with Gasteiger partial charge in [-0.3, -0.25) is 0 Å². The largest absolute Gasteiger partial charge is 0.381 e. The van der Waals surface area contributed by atoms with E-state index in [0.29, 0.717) is 18.4 Å². The van der Waals surface area contributed by atoms with Gasteiger partial charge in [0.25, 0.3) is 0 Å². The number of nitrogens with one attached hydrogen (secondary N) is 1. The van der Waals surface area contributed by atoms with Crippen molar-refractivity contribution in [3.05, 3.63) is 11.7 Å². The Morgan fingerprint density at radius 2 is 2.43 bits per heavy atom. The minimum Gasteiger partial charge on any atom is -0.381 e. The standard InChI is InChI=1S/C9H15N3O2/c1-6(10-2)9-11-8(12-14-9)7-3-4-13-5-7/h6-7,10H,3-5H2,1-2H3/t6-,7?/m0/s1. The van der Waals surface area contributed by atoms with Crippen molar-refractivity contribution in [2.75, 3.05) is 20.3 Å². The monoisotopic (exact) mass is 197 g/mol. The molecule has 0 bridgehead atoms. The Morgan fingerprint density at radius 3 is 3.07 bits per heavy atom. The van der Waals surface area contributed by atoms with Gasteiger partial charge in [-0.2, -0.15) is 4.98 Å². The SMILES string of the molecule is CN[C@@H](C)c1nc(C2CCOC2)no1. The Bertz CT molecular complexity index is 294. The summed E-state index contributed by atoms with van der Waals surface area (Å²) in [6.45, 7) is 3.51. The first-order valence-electron chi connectivity index (χ1n) is 4.89. The minimum atomic E-state index is 0.110. The molecule has 1 aliphatic rings. The highest BCUT2D eigenvalue weighted by atomic mass is 16.5. The number of nitrogens with zero attached hydrogens (tertiary/aromatic N) is 2. The van der Waals surface area contributed by atoms with Gasteiger partial charge in [0.15, 0.2) is 5.82 Å². The van der Waals surface area contributed by atoms with E-state index in [0.717, 1.165) is 18.9 Å². The molecular weight excluding hydrogens is 182 g/mol. The molecular formula is C9H15N3O2. The highest BCUT2D eigenvalue weighted by Crippen LogP contribution is 2.23. The van der Waals surface area contributed by atoms with Gasteiger partial charge in [-0.1, -0.05) is 5.16 Å². The molecule has 5 heteroatoms. The molecule has 5 nitrogen and oxygen atoms in total. The predicted molar refractivity (Wildman–Crippen MR) is 49.9 cm³/mol. The van der Waals surface area contributed by atoms with E-state index < -0.39 is 0 Å². The van der Waals surface area contributed by atoms with Crippen LogP contribution >= 0.6 is 0 Å². The van der Waals surface area contributed by atoms with Crippen LogP contribution in [-0.4, -0.2) is 30.4 Å². The van der Waals surface area contributed by atoms with Crippen LogP contribution in [0.4, 0.5) is 0 Å². The summed E-state index contributed by atoms with van der Waals surface area (Å²) in [5.41, 5.74) is 0. The molecule has 0 radical (unpaired) electrons. The molecule has 2 heterocycles. The van der Waals surface area contributed by atoms with Crippen molar-refractivity contribution in [3.63, 3.8) is 0 Å². The quantitative estimate of drug-likeness (QED) is 0.778. The fourth-order valence-electron chi connectivity index (χ4n) is 1.45. The van der Waals surface area contributed by atoms with Crippen LogP contribution < -0.4 is 5.32 Å². The van der Waals surface area contributed by atoms with Gasteiger partial charge >= 0.3 is 0 Å². The fourth-order valence-corrected chi connectivity index (χ4v) is 1.45. The molecule has 0 spiro atoms. The molecule has 2 rings (SSSR count). The molecule has 0 aliphatic carbocycles. The van der Waals surface area contributed by atoms with Crippen LogP contribution in [-0.2, 0) is 4.74 Å². The number of ether oxygens (including phenoxy) is 1. The van der Waals surface area contributed by atoms with Crippen LogP contribution in [0.5, 0.6) is 0 Å². The summed E-state index contributed by atoms with van der Waals surface area (Å²) in [4.78, 5) is 4.34. The zero-order valence-electron chi connectivity index (χ0n) is 8.49. The van der Waals surface area contributed by atoms with Crippen LogP contribution in [0.2, 0.25) is 0 Å². The fraction of sp³-hybridized carbons (Fsp3) is 0.778. The van der Waals surface area contributed by atoms with Gasteiger partial charge in [0.05, 0.1) is 12.6 Å². The minimum absolute atomic E-state index is 0.110. The third kappa shape index (κ3) is 1.78. The molecule has 1 unspecified atom stereocenters. The van der Waals surface area contributed by atoms with E-state index in [9.17, 15) is 0 Å².